The van der Waals surface area contributed by atoms with Crippen LogP contribution in [0, 0.1) is 0 Å². The maximum atomic E-state index is 11.0. The topological polar surface area (TPSA) is 147 Å². The van der Waals surface area contributed by atoms with Gasteiger partial charge in [-0.15, -0.1) is 0 Å². The molecule has 0 radical (unpaired) electrons. The third-order valence-electron chi connectivity index (χ3n) is 5.31. The molecular formula is C18H28N6O5. The van der Waals surface area contributed by atoms with Gasteiger partial charge in [0.1, 0.15) is 24.6 Å². The van der Waals surface area contributed by atoms with Gasteiger partial charge in [-0.25, -0.2) is 15.0 Å². The third kappa shape index (κ3) is 4.01. The first-order chi connectivity index (χ1) is 14.1. The lowest BCUT2D eigenvalue weighted by atomic mass is 10.1. The van der Waals surface area contributed by atoms with Crippen molar-refractivity contribution >= 4 is 22.9 Å². The first-order valence-corrected chi connectivity index (χ1v) is 10.1. The Morgan fingerprint density at radius 1 is 1.31 bits per heavy atom. The van der Waals surface area contributed by atoms with Crippen molar-refractivity contribution in [2.24, 2.45) is 0 Å². The summed E-state index contributed by atoms with van der Waals surface area (Å²) in [6.45, 7) is 3.99. The van der Waals surface area contributed by atoms with E-state index >= 15 is 0 Å². The van der Waals surface area contributed by atoms with Gasteiger partial charge in [0.15, 0.2) is 23.2 Å². The van der Waals surface area contributed by atoms with Gasteiger partial charge in [-0.05, 0) is 12.8 Å². The van der Waals surface area contributed by atoms with E-state index in [9.17, 15) is 15.3 Å². The van der Waals surface area contributed by atoms with Crippen LogP contribution >= 0.6 is 0 Å². The van der Waals surface area contributed by atoms with Crippen molar-refractivity contribution in [1.82, 2.24) is 19.5 Å². The van der Waals surface area contributed by atoms with Gasteiger partial charge < -0.3 is 35.4 Å². The highest BCUT2D eigenvalue weighted by Crippen LogP contribution is 2.31. The number of nitrogens with one attached hydrogen (secondary N) is 2. The Bertz CT molecular complexity index is 826. The molecule has 5 atom stereocenters. The minimum Gasteiger partial charge on any atom is -0.388 e. The molecule has 4 heterocycles. The van der Waals surface area contributed by atoms with Gasteiger partial charge in [0.25, 0.3) is 0 Å². The summed E-state index contributed by atoms with van der Waals surface area (Å²) < 4.78 is 12.3. The Labute approximate surface area is 168 Å². The minimum absolute atomic E-state index is 0.0441. The molecule has 2 aliphatic rings. The molecule has 3 unspecified atom stereocenters. The molecule has 11 heteroatoms. The lowest BCUT2D eigenvalue weighted by Gasteiger charge is -2.24. The molecule has 5 N–H and O–H groups in total. The van der Waals surface area contributed by atoms with E-state index in [2.05, 4.69) is 32.5 Å². The number of aliphatic hydroxyl groups excluding tert-OH is 3. The molecule has 0 aromatic carbocycles. The maximum absolute atomic E-state index is 11.0. The largest absolute Gasteiger partial charge is 0.388 e. The van der Waals surface area contributed by atoms with Gasteiger partial charge in [0.2, 0.25) is 5.95 Å². The summed E-state index contributed by atoms with van der Waals surface area (Å²) in [5.41, 5.74) is 0.913. The Morgan fingerprint density at radius 2 is 2.17 bits per heavy atom. The van der Waals surface area contributed by atoms with Crippen LogP contribution in [0.3, 0.4) is 0 Å². The van der Waals surface area contributed by atoms with E-state index in [1.807, 2.05) is 0 Å². The van der Waals surface area contributed by atoms with Gasteiger partial charge in [0.05, 0.1) is 19.3 Å². The first kappa shape index (κ1) is 20.2. The zero-order chi connectivity index (χ0) is 20.4. The molecular weight excluding hydrogens is 380 g/mol. The van der Waals surface area contributed by atoms with E-state index < -0.39 is 24.5 Å². The highest BCUT2D eigenvalue weighted by atomic mass is 16.5. The summed E-state index contributed by atoms with van der Waals surface area (Å²) in [6.07, 6.45) is -0.329. The standard InChI is InChI=1S/C18H28N6O5/c1-2-3-5-19-18-23-12-15(22-10-4-6-28-7-10)20-9-21-16(12)24(18)17(27)14-13(26)11(25)8-29-14/h9-11,13-14,17,25-27H,2-8H2,1H3,(H,19,23)(H,20,21,22)/t10-,11?,13?,14?,17-/m1/s1. The second kappa shape index (κ2) is 8.76. The first-order valence-electron chi connectivity index (χ1n) is 10.1. The average Bonchev–Trinajstić information content (AvgIpc) is 3.42. The predicted molar refractivity (Wildman–Crippen MR) is 105 cm³/mol. The van der Waals surface area contributed by atoms with Crippen LogP contribution in [0.15, 0.2) is 6.33 Å². The lowest BCUT2D eigenvalue weighted by molar-refractivity contribution is -0.0807. The number of anilines is 2. The Kier molecular flexibility index (Phi) is 6.11. The summed E-state index contributed by atoms with van der Waals surface area (Å²) in [7, 11) is 0. The van der Waals surface area contributed by atoms with Crippen LogP contribution in [-0.2, 0) is 9.47 Å². The molecule has 2 aromatic rings. The molecule has 0 bridgehead atoms. The number of nitrogens with zero attached hydrogens (tertiary/aromatic N) is 4. The molecule has 2 saturated heterocycles. The number of imidazole rings is 1. The van der Waals surface area contributed by atoms with E-state index in [0.717, 1.165) is 19.3 Å². The van der Waals surface area contributed by atoms with Gasteiger partial charge in [-0.2, -0.15) is 0 Å². The number of rotatable bonds is 8. The molecule has 0 saturated carbocycles. The molecule has 0 amide bonds. The maximum Gasteiger partial charge on any atom is 0.207 e. The van der Waals surface area contributed by atoms with Crippen LogP contribution in [0.5, 0.6) is 0 Å². The summed E-state index contributed by atoms with van der Waals surface area (Å²) in [5.74, 6) is 0.965. The van der Waals surface area contributed by atoms with E-state index in [1.165, 1.54) is 10.9 Å². The number of fused-ring (bicyclic) bond motifs is 1. The Balaban J connectivity index is 1.70. The van der Waals surface area contributed by atoms with E-state index in [-0.39, 0.29) is 12.6 Å². The van der Waals surface area contributed by atoms with Crippen LogP contribution in [-0.4, -0.2) is 85.6 Å². The fraction of sp³-hybridized carbons (Fsp3) is 0.722. The van der Waals surface area contributed by atoms with Crippen LogP contribution in [0.4, 0.5) is 11.8 Å². The molecule has 0 aliphatic carbocycles. The summed E-state index contributed by atoms with van der Waals surface area (Å²) in [5, 5.41) is 37.6. The van der Waals surface area contributed by atoms with Crippen molar-refractivity contribution in [3.05, 3.63) is 6.33 Å². The van der Waals surface area contributed by atoms with Crippen molar-refractivity contribution in [3.63, 3.8) is 0 Å². The number of hydrogen-bond acceptors (Lipinski definition) is 10. The monoisotopic (exact) mass is 408 g/mol. The lowest BCUT2D eigenvalue weighted by Crippen LogP contribution is -2.37. The Hall–Kier alpha value is -2.05. The molecule has 160 valence electrons. The van der Waals surface area contributed by atoms with Gasteiger partial charge in [-0.3, -0.25) is 4.57 Å². The number of aromatic nitrogens is 4. The highest BCUT2D eigenvalue weighted by Gasteiger charge is 2.41. The second-order valence-corrected chi connectivity index (χ2v) is 7.45. The normalized spacial score (nSPS) is 28.1. The number of ether oxygens (including phenoxy) is 2. The van der Waals surface area contributed by atoms with E-state index in [0.29, 0.717) is 42.7 Å². The Morgan fingerprint density at radius 3 is 2.86 bits per heavy atom. The van der Waals surface area contributed by atoms with E-state index in [1.54, 1.807) is 0 Å². The average molecular weight is 408 g/mol. The summed E-state index contributed by atoms with van der Waals surface area (Å²) >= 11 is 0. The zero-order valence-corrected chi connectivity index (χ0v) is 16.4. The molecule has 2 fully saturated rings. The van der Waals surface area contributed by atoms with Crippen molar-refractivity contribution in [3.8, 4) is 0 Å². The highest BCUT2D eigenvalue weighted by molar-refractivity contribution is 5.85. The number of hydrogen-bond donors (Lipinski definition) is 5. The van der Waals surface area contributed by atoms with Crippen molar-refractivity contribution < 1.29 is 24.8 Å². The fourth-order valence-corrected chi connectivity index (χ4v) is 3.64. The second-order valence-electron chi connectivity index (χ2n) is 7.45. The molecule has 0 spiro atoms. The van der Waals surface area contributed by atoms with Crippen LogP contribution in [0.25, 0.3) is 11.2 Å². The van der Waals surface area contributed by atoms with Crippen molar-refractivity contribution in [2.75, 3.05) is 37.0 Å². The third-order valence-corrected chi connectivity index (χ3v) is 5.31. The van der Waals surface area contributed by atoms with Crippen LogP contribution in [0.2, 0.25) is 0 Å². The van der Waals surface area contributed by atoms with E-state index in [4.69, 9.17) is 9.47 Å². The molecule has 2 aliphatic heterocycles. The predicted octanol–water partition coefficient (Wildman–Crippen LogP) is -0.149. The zero-order valence-electron chi connectivity index (χ0n) is 16.4. The molecule has 11 nitrogen and oxygen atoms in total. The quantitative estimate of drug-likeness (QED) is 0.374. The van der Waals surface area contributed by atoms with Gasteiger partial charge >= 0.3 is 0 Å². The van der Waals surface area contributed by atoms with Gasteiger partial charge in [-0.1, -0.05) is 13.3 Å². The van der Waals surface area contributed by atoms with Gasteiger partial charge in [0, 0.05) is 13.2 Å². The summed E-state index contributed by atoms with van der Waals surface area (Å²) in [4.78, 5) is 13.3. The molecule has 2 aromatic heterocycles. The number of unbranched alkanes of at least 4 members (excludes halogenated alkanes) is 1. The van der Waals surface area contributed by atoms with Crippen LogP contribution in [0.1, 0.15) is 32.4 Å². The van der Waals surface area contributed by atoms with Crippen LogP contribution < -0.4 is 10.6 Å². The van der Waals surface area contributed by atoms with Crippen molar-refractivity contribution in [2.45, 2.75) is 56.8 Å². The fourth-order valence-electron chi connectivity index (χ4n) is 3.64. The molecule has 4 rings (SSSR count). The smallest absolute Gasteiger partial charge is 0.207 e. The summed E-state index contributed by atoms with van der Waals surface area (Å²) in [6, 6.07) is 0.134. The minimum atomic E-state index is -1.28. The molecule has 29 heavy (non-hydrogen) atoms. The number of aliphatic hydroxyl groups is 3. The SMILES string of the molecule is CCCCNc1nc2c(N[C@@H]3CCOC3)ncnc2n1[C@H](O)C1OCC(O)C1O. The van der Waals surface area contributed by atoms with Crippen molar-refractivity contribution in [1.29, 1.82) is 0 Å².